The van der Waals surface area contributed by atoms with Gasteiger partial charge in [0.15, 0.2) is 0 Å². The Hall–Kier alpha value is -1.39. The van der Waals surface area contributed by atoms with Crippen molar-refractivity contribution in [2.75, 3.05) is 7.05 Å². The van der Waals surface area contributed by atoms with Crippen LogP contribution in [0.1, 0.15) is 5.69 Å². The summed E-state index contributed by atoms with van der Waals surface area (Å²) in [7, 11) is 3.36. The number of carbonyl (C=O) groups is 1. The van der Waals surface area contributed by atoms with Gasteiger partial charge in [-0.05, 0) is 0 Å². The summed E-state index contributed by atoms with van der Waals surface area (Å²) >= 11 is 0. The number of amides is 1. The molecule has 1 rings (SSSR count). The lowest BCUT2D eigenvalue weighted by Crippen LogP contribution is -2.20. The van der Waals surface area contributed by atoms with Crippen LogP contribution in [0.5, 0.6) is 0 Å². The summed E-state index contributed by atoms with van der Waals surface area (Å²) in [5, 5.41) is 9.95. The van der Waals surface area contributed by atoms with E-state index < -0.39 is 0 Å². The fourth-order valence-electron chi connectivity index (χ4n) is 0.729. The molecule has 0 fully saturated rings. The van der Waals surface area contributed by atoms with Crippen LogP contribution in [-0.2, 0) is 18.3 Å². The van der Waals surface area contributed by atoms with Crippen LogP contribution >= 0.6 is 0 Å². The number of likely N-dealkylation sites (N-methyl/N-ethyl adjacent to an activating group) is 1. The Kier molecular flexibility index (Phi) is 2.20. The highest BCUT2D eigenvalue weighted by atomic mass is 16.1. The van der Waals surface area contributed by atoms with E-state index in [1.54, 1.807) is 25.0 Å². The zero-order valence-electron chi connectivity index (χ0n) is 6.53. The Morgan fingerprint density at radius 1 is 1.82 bits per heavy atom. The molecule has 5 nitrogen and oxygen atoms in total. The van der Waals surface area contributed by atoms with Crippen molar-refractivity contribution in [3.8, 4) is 0 Å². The molecule has 0 aromatic carbocycles. The summed E-state index contributed by atoms with van der Waals surface area (Å²) in [5.74, 6) is -0.0505. The zero-order chi connectivity index (χ0) is 8.27. The van der Waals surface area contributed by atoms with Crippen molar-refractivity contribution in [1.82, 2.24) is 20.3 Å². The van der Waals surface area contributed by atoms with Gasteiger partial charge in [0.1, 0.15) is 0 Å². The predicted octanol–water partition coefficient (Wildman–Crippen LogP) is -0.896. The van der Waals surface area contributed by atoms with E-state index in [9.17, 15) is 4.79 Å². The minimum atomic E-state index is -0.0505. The molecule has 11 heavy (non-hydrogen) atoms. The van der Waals surface area contributed by atoms with Crippen LogP contribution in [0.25, 0.3) is 0 Å². The fraction of sp³-hybridized carbons (Fsp3) is 0.500. The van der Waals surface area contributed by atoms with Gasteiger partial charge in [0, 0.05) is 20.3 Å². The molecule has 0 saturated carbocycles. The molecule has 60 valence electrons. The van der Waals surface area contributed by atoms with Crippen LogP contribution in [0.4, 0.5) is 0 Å². The summed E-state index contributed by atoms with van der Waals surface area (Å²) in [6.45, 7) is 0. The lowest BCUT2D eigenvalue weighted by molar-refractivity contribution is -0.120. The van der Waals surface area contributed by atoms with Crippen molar-refractivity contribution < 1.29 is 4.79 Å². The highest BCUT2D eigenvalue weighted by molar-refractivity contribution is 5.77. The second-order valence-corrected chi connectivity index (χ2v) is 2.23. The minimum absolute atomic E-state index is 0.0505. The molecular weight excluding hydrogens is 144 g/mol. The topological polar surface area (TPSA) is 59.8 Å². The molecule has 1 aromatic rings. The van der Waals surface area contributed by atoms with E-state index in [1.165, 1.54) is 0 Å². The van der Waals surface area contributed by atoms with Gasteiger partial charge in [-0.2, -0.15) is 0 Å². The van der Waals surface area contributed by atoms with Crippen LogP contribution in [0.3, 0.4) is 0 Å². The Labute approximate surface area is 64.4 Å². The molecule has 1 heterocycles. The summed E-state index contributed by atoms with van der Waals surface area (Å²) in [6, 6.07) is 0. The number of aryl methyl sites for hydroxylation is 1. The van der Waals surface area contributed by atoms with Crippen LogP contribution in [0.15, 0.2) is 6.20 Å². The molecule has 0 bridgehead atoms. The molecule has 0 aliphatic heterocycles. The van der Waals surface area contributed by atoms with Gasteiger partial charge in [0.05, 0.1) is 12.1 Å². The molecule has 0 aliphatic rings. The molecule has 0 saturated heterocycles. The standard InChI is InChI=1S/C6H10N4O/c1-7-6(11)3-5-4-10(2)9-8-5/h4H,3H2,1-2H3,(H,7,11). The average Bonchev–Trinajstić information content (AvgIpc) is 2.35. The number of carbonyl (C=O) groups excluding carboxylic acids is 1. The van der Waals surface area contributed by atoms with Crippen molar-refractivity contribution in [1.29, 1.82) is 0 Å². The molecule has 1 amide bonds. The third-order valence-corrected chi connectivity index (χ3v) is 1.27. The van der Waals surface area contributed by atoms with Crippen LogP contribution < -0.4 is 5.32 Å². The maximum Gasteiger partial charge on any atom is 0.225 e. The van der Waals surface area contributed by atoms with Gasteiger partial charge in [-0.15, -0.1) is 5.10 Å². The van der Waals surface area contributed by atoms with E-state index in [4.69, 9.17) is 0 Å². The van der Waals surface area contributed by atoms with Gasteiger partial charge in [0.2, 0.25) is 5.91 Å². The normalized spacial score (nSPS) is 9.64. The third-order valence-electron chi connectivity index (χ3n) is 1.27. The first-order valence-corrected chi connectivity index (χ1v) is 3.28. The van der Waals surface area contributed by atoms with Crippen molar-refractivity contribution in [2.24, 2.45) is 7.05 Å². The summed E-state index contributed by atoms with van der Waals surface area (Å²) in [5.41, 5.74) is 0.687. The van der Waals surface area contributed by atoms with Crippen LogP contribution in [0.2, 0.25) is 0 Å². The monoisotopic (exact) mass is 154 g/mol. The Bertz CT molecular complexity index is 255. The Morgan fingerprint density at radius 3 is 3.00 bits per heavy atom. The molecule has 1 aromatic heterocycles. The van der Waals surface area contributed by atoms with Gasteiger partial charge in [0.25, 0.3) is 0 Å². The van der Waals surface area contributed by atoms with E-state index in [0.29, 0.717) is 12.1 Å². The van der Waals surface area contributed by atoms with Gasteiger partial charge in [-0.25, -0.2) is 0 Å². The Balaban J connectivity index is 2.57. The van der Waals surface area contributed by atoms with Crippen LogP contribution in [-0.4, -0.2) is 27.9 Å². The number of nitrogens with zero attached hydrogens (tertiary/aromatic N) is 3. The van der Waals surface area contributed by atoms with Crippen molar-refractivity contribution in [2.45, 2.75) is 6.42 Å². The first kappa shape index (κ1) is 7.71. The number of hydrogen-bond donors (Lipinski definition) is 1. The number of rotatable bonds is 2. The van der Waals surface area contributed by atoms with E-state index in [1.807, 2.05) is 0 Å². The zero-order valence-corrected chi connectivity index (χ0v) is 6.53. The van der Waals surface area contributed by atoms with E-state index >= 15 is 0 Å². The minimum Gasteiger partial charge on any atom is -0.359 e. The highest BCUT2D eigenvalue weighted by Gasteiger charge is 2.03. The van der Waals surface area contributed by atoms with Crippen molar-refractivity contribution in [3.63, 3.8) is 0 Å². The summed E-state index contributed by atoms with van der Waals surface area (Å²) < 4.78 is 1.57. The SMILES string of the molecule is CNC(=O)Cc1cn(C)nn1. The molecule has 0 unspecified atom stereocenters. The molecular formula is C6H10N4O. The lowest BCUT2D eigenvalue weighted by atomic mass is 10.3. The first-order chi connectivity index (χ1) is 5.22. The maximum atomic E-state index is 10.8. The highest BCUT2D eigenvalue weighted by Crippen LogP contribution is 1.91. The number of hydrogen-bond acceptors (Lipinski definition) is 3. The predicted molar refractivity (Wildman–Crippen MR) is 38.8 cm³/mol. The first-order valence-electron chi connectivity index (χ1n) is 3.28. The second kappa shape index (κ2) is 3.14. The van der Waals surface area contributed by atoms with Gasteiger partial charge < -0.3 is 5.32 Å². The number of aromatic nitrogens is 3. The Morgan fingerprint density at radius 2 is 2.55 bits per heavy atom. The van der Waals surface area contributed by atoms with Crippen molar-refractivity contribution >= 4 is 5.91 Å². The molecule has 5 heteroatoms. The van der Waals surface area contributed by atoms with E-state index in [2.05, 4.69) is 15.6 Å². The molecule has 1 N–H and O–H groups in total. The van der Waals surface area contributed by atoms with E-state index in [0.717, 1.165) is 0 Å². The van der Waals surface area contributed by atoms with Gasteiger partial charge >= 0.3 is 0 Å². The molecule has 0 spiro atoms. The summed E-state index contributed by atoms with van der Waals surface area (Å²) in [6.07, 6.45) is 2.01. The summed E-state index contributed by atoms with van der Waals surface area (Å²) in [4.78, 5) is 10.8. The van der Waals surface area contributed by atoms with Gasteiger partial charge in [-0.3, -0.25) is 9.48 Å². The maximum absolute atomic E-state index is 10.8. The fourth-order valence-corrected chi connectivity index (χ4v) is 0.729. The largest absolute Gasteiger partial charge is 0.359 e. The van der Waals surface area contributed by atoms with Gasteiger partial charge in [-0.1, -0.05) is 5.21 Å². The van der Waals surface area contributed by atoms with Crippen LogP contribution in [0, 0.1) is 0 Å². The third kappa shape index (κ3) is 2.03. The number of nitrogens with one attached hydrogen (secondary N) is 1. The quantitative estimate of drug-likeness (QED) is 0.600. The smallest absolute Gasteiger partial charge is 0.225 e. The lowest BCUT2D eigenvalue weighted by Gasteiger charge is -1.92. The average molecular weight is 154 g/mol. The molecule has 0 radical (unpaired) electrons. The molecule has 0 aliphatic carbocycles. The molecule has 0 atom stereocenters. The van der Waals surface area contributed by atoms with E-state index in [-0.39, 0.29) is 5.91 Å². The second-order valence-electron chi connectivity index (χ2n) is 2.23. The van der Waals surface area contributed by atoms with Crippen molar-refractivity contribution in [3.05, 3.63) is 11.9 Å².